The highest BCUT2D eigenvalue weighted by Crippen LogP contribution is 2.32. The number of rotatable bonds is 3. The van der Waals surface area contributed by atoms with Gasteiger partial charge in [0, 0.05) is 24.5 Å². The predicted octanol–water partition coefficient (Wildman–Crippen LogP) is 6.43. The van der Waals surface area contributed by atoms with E-state index in [0.29, 0.717) is 5.56 Å². The molecular formula is C24H19F3N2. The normalized spacial score (nSPS) is 16.0. The molecule has 0 radical (unpaired) electrons. The van der Waals surface area contributed by atoms with E-state index in [0.717, 1.165) is 53.4 Å². The Bertz CT molecular complexity index is 1070. The minimum absolute atomic E-state index is 0.546. The summed E-state index contributed by atoms with van der Waals surface area (Å²) in [5, 5.41) is 0. The fraction of sp³-hybridized carbons (Fsp3) is 0.167. The van der Waals surface area contributed by atoms with Gasteiger partial charge in [-0.05, 0) is 71.5 Å². The summed E-state index contributed by atoms with van der Waals surface area (Å²) in [6.45, 7) is 0.784. The molecule has 0 unspecified atom stereocenters. The number of alkyl halides is 3. The van der Waals surface area contributed by atoms with Gasteiger partial charge in [-0.15, -0.1) is 0 Å². The molecule has 4 rings (SSSR count). The summed E-state index contributed by atoms with van der Waals surface area (Å²) in [4.78, 5) is 8.86. The van der Waals surface area contributed by atoms with Crippen LogP contribution < -0.4 is 0 Å². The van der Waals surface area contributed by atoms with Crippen molar-refractivity contribution in [1.82, 2.24) is 4.98 Å². The lowest BCUT2D eigenvalue weighted by molar-refractivity contribution is -0.137. The fourth-order valence-corrected chi connectivity index (χ4v) is 3.48. The van der Waals surface area contributed by atoms with Gasteiger partial charge < -0.3 is 0 Å². The Hall–Kier alpha value is -3.21. The molecule has 5 heteroatoms. The molecule has 0 N–H and O–H groups in total. The SMILES string of the molecule is FC(F)(F)c1cccc(-c2cccc(/C=C3\CCCN=C3c3cccnc3)c2)c1. The highest BCUT2D eigenvalue weighted by molar-refractivity contribution is 6.15. The minimum Gasteiger partial charge on any atom is -0.284 e. The third-order valence-electron chi connectivity index (χ3n) is 4.86. The Morgan fingerprint density at radius 1 is 0.862 bits per heavy atom. The molecule has 2 nitrogen and oxygen atoms in total. The number of nitrogens with zero attached hydrogens (tertiary/aromatic N) is 2. The lowest BCUT2D eigenvalue weighted by atomic mass is 9.94. The summed E-state index contributed by atoms with van der Waals surface area (Å²) < 4.78 is 39.1. The first-order valence-corrected chi connectivity index (χ1v) is 9.44. The highest BCUT2D eigenvalue weighted by Gasteiger charge is 2.30. The first-order valence-electron chi connectivity index (χ1n) is 9.44. The van der Waals surface area contributed by atoms with Crippen LogP contribution in [0.3, 0.4) is 0 Å². The van der Waals surface area contributed by atoms with Crippen molar-refractivity contribution in [1.29, 1.82) is 0 Å². The van der Waals surface area contributed by atoms with Gasteiger partial charge in [0.05, 0.1) is 11.3 Å². The molecule has 2 aromatic carbocycles. The summed E-state index contributed by atoms with van der Waals surface area (Å²) >= 11 is 0. The second kappa shape index (κ2) is 8.03. The van der Waals surface area contributed by atoms with E-state index in [1.807, 2.05) is 36.4 Å². The Labute approximate surface area is 167 Å². The molecule has 0 aliphatic carbocycles. The minimum atomic E-state index is -4.35. The molecule has 29 heavy (non-hydrogen) atoms. The molecule has 0 atom stereocenters. The molecule has 0 saturated heterocycles. The van der Waals surface area contributed by atoms with Gasteiger partial charge in [0.2, 0.25) is 0 Å². The van der Waals surface area contributed by atoms with Crippen LogP contribution >= 0.6 is 0 Å². The van der Waals surface area contributed by atoms with E-state index in [2.05, 4.69) is 16.1 Å². The van der Waals surface area contributed by atoms with E-state index in [4.69, 9.17) is 0 Å². The number of hydrogen-bond donors (Lipinski definition) is 0. The first-order chi connectivity index (χ1) is 14.0. The van der Waals surface area contributed by atoms with Crippen LogP contribution in [0.2, 0.25) is 0 Å². The van der Waals surface area contributed by atoms with Crippen LogP contribution in [0.1, 0.15) is 29.5 Å². The first kappa shape index (κ1) is 19.1. The molecule has 0 saturated carbocycles. The van der Waals surface area contributed by atoms with Crippen LogP contribution in [0.4, 0.5) is 13.2 Å². The van der Waals surface area contributed by atoms with Gasteiger partial charge in [-0.25, -0.2) is 0 Å². The number of aliphatic imine (C=N–C) groups is 1. The van der Waals surface area contributed by atoms with Crippen molar-refractivity contribution >= 4 is 11.8 Å². The molecule has 0 bridgehead atoms. The Morgan fingerprint density at radius 3 is 2.38 bits per heavy atom. The lowest BCUT2D eigenvalue weighted by Crippen LogP contribution is -2.11. The van der Waals surface area contributed by atoms with Gasteiger partial charge in [-0.2, -0.15) is 13.2 Å². The number of benzene rings is 2. The summed E-state index contributed by atoms with van der Waals surface area (Å²) in [7, 11) is 0. The molecule has 0 spiro atoms. The standard InChI is InChI=1S/C24H19F3N2/c25-24(26,27)22-10-2-7-19(15-22)18-6-1-5-17(13-18)14-20-8-4-12-29-23(20)21-9-3-11-28-16-21/h1-3,5-7,9-11,13-16H,4,8,12H2/b20-14+. The average molecular weight is 392 g/mol. The highest BCUT2D eigenvalue weighted by atomic mass is 19.4. The zero-order valence-electron chi connectivity index (χ0n) is 15.7. The zero-order chi connectivity index (χ0) is 20.3. The predicted molar refractivity (Wildman–Crippen MR) is 110 cm³/mol. The molecular weight excluding hydrogens is 373 g/mol. The summed E-state index contributed by atoms with van der Waals surface area (Å²) in [5.41, 5.74) is 4.63. The van der Waals surface area contributed by atoms with Gasteiger partial charge in [0.25, 0.3) is 0 Å². The van der Waals surface area contributed by atoms with Gasteiger partial charge in [-0.1, -0.05) is 30.3 Å². The van der Waals surface area contributed by atoms with Crippen molar-refractivity contribution in [2.24, 2.45) is 4.99 Å². The maximum Gasteiger partial charge on any atom is 0.416 e. The van der Waals surface area contributed by atoms with Crippen molar-refractivity contribution in [2.45, 2.75) is 19.0 Å². The van der Waals surface area contributed by atoms with Crippen molar-refractivity contribution in [3.63, 3.8) is 0 Å². The largest absolute Gasteiger partial charge is 0.416 e. The second-order valence-electron chi connectivity index (χ2n) is 6.95. The molecule has 1 aliphatic heterocycles. The molecule has 1 aromatic heterocycles. The molecule has 146 valence electrons. The van der Waals surface area contributed by atoms with Gasteiger partial charge in [0.15, 0.2) is 0 Å². The van der Waals surface area contributed by atoms with Crippen molar-refractivity contribution in [2.75, 3.05) is 6.54 Å². The zero-order valence-corrected chi connectivity index (χ0v) is 15.7. The van der Waals surface area contributed by atoms with Gasteiger partial charge in [-0.3, -0.25) is 9.98 Å². The van der Waals surface area contributed by atoms with Crippen molar-refractivity contribution in [3.05, 3.63) is 95.3 Å². The quantitative estimate of drug-likeness (QED) is 0.504. The van der Waals surface area contributed by atoms with E-state index in [1.165, 1.54) is 12.1 Å². The van der Waals surface area contributed by atoms with Gasteiger partial charge in [0.1, 0.15) is 0 Å². The van der Waals surface area contributed by atoms with Crippen LogP contribution in [0.5, 0.6) is 0 Å². The second-order valence-corrected chi connectivity index (χ2v) is 6.95. The number of hydrogen-bond acceptors (Lipinski definition) is 2. The van der Waals surface area contributed by atoms with Crippen LogP contribution in [0.15, 0.2) is 83.6 Å². The summed E-state index contributed by atoms with van der Waals surface area (Å²) in [6, 6.07) is 16.9. The maximum atomic E-state index is 13.0. The summed E-state index contributed by atoms with van der Waals surface area (Å²) in [5.74, 6) is 0. The van der Waals surface area contributed by atoms with Crippen LogP contribution in [-0.4, -0.2) is 17.2 Å². The number of halogens is 3. The number of allylic oxidation sites excluding steroid dienone is 1. The van der Waals surface area contributed by atoms with Crippen molar-refractivity contribution < 1.29 is 13.2 Å². The number of pyridine rings is 1. The topological polar surface area (TPSA) is 25.2 Å². The number of aromatic nitrogens is 1. The van der Waals surface area contributed by atoms with E-state index >= 15 is 0 Å². The van der Waals surface area contributed by atoms with Crippen molar-refractivity contribution in [3.8, 4) is 11.1 Å². The molecule has 3 aromatic rings. The van der Waals surface area contributed by atoms with E-state index in [9.17, 15) is 13.2 Å². The lowest BCUT2D eigenvalue weighted by Gasteiger charge is -2.16. The van der Waals surface area contributed by atoms with Crippen LogP contribution in [-0.2, 0) is 6.18 Å². The van der Waals surface area contributed by atoms with Gasteiger partial charge >= 0.3 is 6.18 Å². The van der Waals surface area contributed by atoms with E-state index in [1.54, 1.807) is 18.5 Å². The van der Waals surface area contributed by atoms with E-state index < -0.39 is 11.7 Å². The van der Waals surface area contributed by atoms with Crippen LogP contribution in [0.25, 0.3) is 17.2 Å². The smallest absolute Gasteiger partial charge is 0.284 e. The third kappa shape index (κ3) is 4.45. The summed E-state index contributed by atoms with van der Waals surface area (Å²) in [6.07, 6.45) is 3.13. The average Bonchev–Trinajstić information content (AvgIpc) is 2.74. The van der Waals surface area contributed by atoms with Crippen LogP contribution in [0, 0.1) is 0 Å². The molecule has 0 amide bonds. The maximum absolute atomic E-state index is 13.0. The molecule has 1 aliphatic rings. The Kier molecular flexibility index (Phi) is 5.30. The monoisotopic (exact) mass is 392 g/mol. The Morgan fingerprint density at radius 2 is 1.62 bits per heavy atom. The Balaban J connectivity index is 1.69. The van der Waals surface area contributed by atoms with E-state index in [-0.39, 0.29) is 0 Å². The fourth-order valence-electron chi connectivity index (χ4n) is 3.48. The molecule has 2 heterocycles. The third-order valence-corrected chi connectivity index (χ3v) is 4.86. The molecule has 0 fully saturated rings.